The molecule has 1 saturated heterocycles. The lowest BCUT2D eigenvalue weighted by Gasteiger charge is -2.42. The number of ether oxygens (including phenoxy) is 2. The first kappa shape index (κ1) is 15.3. The van der Waals surface area contributed by atoms with Crippen LogP contribution in [0.4, 0.5) is 10.5 Å². The fraction of sp³-hybridized carbons (Fsp3) is 0.211. The molecule has 122 valence electrons. The number of cyclic esters (lactones) is 1. The summed E-state index contributed by atoms with van der Waals surface area (Å²) in [5.74, 6) is 0.716. The summed E-state index contributed by atoms with van der Waals surface area (Å²) in [5, 5.41) is 0. The Morgan fingerprint density at radius 2 is 1.79 bits per heavy atom. The van der Waals surface area contributed by atoms with Gasteiger partial charge in [0.25, 0.3) is 5.72 Å². The summed E-state index contributed by atoms with van der Waals surface area (Å²) in [5.41, 5.74) is -0.190. The van der Waals surface area contributed by atoms with E-state index in [1.165, 1.54) is 0 Å². The molecule has 0 unspecified atom stereocenters. The summed E-state index contributed by atoms with van der Waals surface area (Å²) in [6.45, 7) is 3.73. The largest absolute Gasteiger partial charge is 0.459 e. The van der Waals surface area contributed by atoms with Crippen LogP contribution in [0.3, 0.4) is 0 Å². The molecule has 1 fully saturated rings. The molecule has 5 heteroatoms. The van der Waals surface area contributed by atoms with Crippen molar-refractivity contribution >= 4 is 33.8 Å². The van der Waals surface area contributed by atoms with Crippen LogP contribution < -0.4 is 9.64 Å². The van der Waals surface area contributed by atoms with E-state index in [1.54, 1.807) is 4.90 Å². The number of rotatable bonds is 1. The molecule has 4 rings (SSSR count). The number of nitrogens with zero attached hydrogens (tertiary/aromatic N) is 1. The number of carbonyl (C=O) groups excluding carboxylic acids is 1. The predicted octanol–water partition coefficient (Wildman–Crippen LogP) is 4.99. The zero-order chi connectivity index (χ0) is 16.9. The summed E-state index contributed by atoms with van der Waals surface area (Å²) in [7, 11) is 0. The number of para-hydroxylation sites is 1. The van der Waals surface area contributed by atoms with Crippen LogP contribution >= 0.6 is 15.9 Å². The van der Waals surface area contributed by atoms with E-state index < -0.39 is 17.4 Å². The van der Waals surface area contributed by atoms with Crippen LogP contribution in [-0.4, -0.2) is 17.4 Å². The van der Waals surface area contributed by atoms with Crippen LogP contribution in [0.1, 0.15) is 19.4 Å². The van der Waals surface area contributed by atoms with Gasteiger partial charge in [-0.3, -0.25) is 0 Å². The minimum atomic E-state index is -1.04. The Balaban J connectivity index is 1.88. The topological polar surface area (TPSA) is 38.8 Å². The second kappa shape index (κ2) is 5.11. The molecular weight excluding hydrogens is 370 g/mol. The average molecular weight is 386 g/mol. The molecule has 0 N–H and O–H groups in total. The van der Waals surface area contributed by atoms with E-state index in [1.807, 2.05) is 74.5 Å². The van der Waals surface area contributed by atoms with Gasteiger partial charge in [-0.2, -0.15) is 0 Å². The Morgan fingerprint density at radius 3 is 2.54 bits per heavy atom. The third kappa shape index (κ3) is 2.08. The van der Waals surface area contributed by atoms with E-state index >= 15 is 0 Å². The Bertz CT molecular complexity index is 847. The number of hydrogen-bond acceptors (Lipinski definition) is 3. The second-order valence-electron chi connectivity index (χ2n) is 6.36. The molecule has 0 aromatic heterocycles. The maximum Gasteiger partial charge on any atom is 0.418 e. The van der Waals surface area contributed by atoms with Gasteiger partial charge in [-0.15, -0.1) is 0 Å². The molecule has 1 amide bonds. The molecule has 0 radical (unpaired) electrons. The first-order chi connectivity index (χ1) is 11.4. The number of amides is 1. The summed E-state index contributed by atoms with van der Waals surface area (Å²) in [4.78, 5) is 14.2. The zero-order valence-corrected chi connectivity index (χ0v) is 14.9. The number of hydrogen-bond donors (Lipinski definition) is 0. The normalized spacial score (nSPS) is 23.8. The highest BCUT2D eigenvalue weighted by atomic mass is 79.9. The highest BCUT2D eigenvalue weighted by molar-refractivity contribution is 9.10. The minimum Gasteiger partial charge on any atom is -0.459 e. The first-order valence-corrected chi connectivity index (χ1v) is 8.48. The van der Waals surface area contributed by atoms with Crippen molar-refractivity contribution in [3.63, 3.8) is 0 Å². The number of anilines is 1. The molecule has 2 aliphatic rings. The number of fused-ring (bicyclic) bond motifs is 1. The Labute approximate surface area is 148 Å². The maximum absolute atomic E-state index is 12.6. The molecule has 2 aromatic rings. The van der Waals surface area contributed by atoms with Crippen molar-refractivity contribution in [1.29, 1.82) is 0 Å². The molecule has 0 saturated carbocycles. The summed E-state index contributed by atoms with van der Waals surface area (Å²) >= 11 is 3.47. The first-order valence-electron chi connectivity index (χ1n) is 7.69. The molecule has 1 atom stereocenters. The van der Waals surface area contributed by atoms with Crippen molar-refractivity contribution in [2.75, 3.05) is 4.90 Å². The molecule has 4 nitrogen and oxygen atoms in total. The highest BCUT2D eigenvalue weighted by Crippen LogP contribution is 2.47. The zero-order valence-electron chi connectivity index (χ0n) is 13.3. The van der Waals surface area contributed by atoms with Gasteiger partial charge in [-0.05, 0) is 56.3 Å². The lowest BCUT2D eigenvalue weighted by molar-refractivity contribution is -0.0379. The van der Waals surface area contributed by atoms with Crippen molar-refractivity contribution in [1.82, 2.24) is 0 Å². The summed E-state index contributed by atoms with van der Waals surface area (Å²) in [6.07, 6.45) is 3.46. The summed E-state index contributed by atoms with van der Waals surface area (Å²) in [6, 6.07) is 15.2. The Hall–Kier alpha value is -2.27. The third-order valence-electron chi connectivity index (χ3n) is 4.46. The van der Waals surface area contributed by atoms with Crippen molar-refractivity contribution in [3.8, 4) is 5.75 Å². The van der Waals surface area contributed by atoms with Crippen LogP contribution in [0.2, 0.25) is 0 Å². The average Bonchev–Trinajstić information content (AvgIpc) is 2.74. The minimum absolute atomic E-state index is 0.420. The number of halogens is 1. The van der Waals surface area contributed by atoms with Crippen LogP contribution in [0.25, 0.3) is 6.08 Å². The van der Waals surface area contributed by atoms with Gasteiger partial charge in [0.15, 0.2) is 5.60 Å². The molecule has 2 aromatic carbocycles. The van der Waals surface area contributed by atoms with Gasteiger partial charge in [0.2, 0.25) is 0 Å². The molecule has 2 heterocycles. The molecule has 24 heavy (non-hydrogen) atoms. The van der Waals surface area contributed by atoms with E-state index in [0.717, 1.165) is 15.7 Å². The van der Waals surface area contributed by atoms with E-state index in [-0.39, 0.29) is 0 Å². The Kier molecular flexibility index (Phi) is 3.25. The lowest BCUT2D eigenvalue weighted by Crippen LogP contribution is -2.60. The van der Waals surface area contributed by atoms with Crippen molar-refractivity contribution in [3.05, 3.63) is 64.6 Å². The van der Waals surface area contributed by atoms with E-state index in [0.29, 0.717) is 5.75 Å². The number of benzene rings is 2. The molecule has 0 aliphatic carbocycles. The molecule has 0 bridgehead atoms. The van der Waals surface area contributed by atoms with Crippen LogP contribution in [0.15, 0.2) is 59.1 Å². The van der Waals surface area contributed by atoms with Gasteiger partial charge >= 0.3 is 6.09 Å². The quantitative estimate of drug-likeness (QED) is 0.694. The van der Waals surface area contributed by atoms with Crippen molar-refractivity contribution < 1.29 is 14.3 Å². The van der Waals surface area contributed by atoms with Gasteiger partial charge in [0.1, 0.15) is 5.75 Å². The number of carbonyl (C=O) groups is 1. The van der Waals surface area contributed by atoms with Gasteiger partial charge in [-0.1, -0.05) is 34.1 Å². The predicted molar refractivity (Wildman–Crippen MR) is 96.0 cm³/mol. The monoisotopic (exact) mass is 385 g/mol. The Morgan fingerprint density at radius 1 is 1.04 bits per heavy atom. The molecular formula is C19H16BrNO3. The highest BCUT2D eigenvalue weighted by Gasteiger charge is 2.63. The lowest BCUT2D eigenvalue weighted by atomic mass is 9.90. The molecule has 2 aliphatic heterocycles. The van der Waals surface area contributed by atoms with Crippen molar-refractivity contribution in [2.24, 2.45) is 0 Å². The van der Waals surface area contributed by atoms with Gasteiger partial charge in [0, 0.05) is 10.0 Å². The maximum atomic E-state index is 12.6. The third-order valence-corrected chi connectivity index (χ3v) is 4.95. The smallest absolute Gasteiger partial charge is 0.418 e. The van der Waals surface area contributed by atoms with E-state index in [4.69, 9.17) is 9.47 Å². The van der Waals surface area contributed by atoms with Gasteiger partial charge in [-0.25, -0.2) is 9.69 Å². The van der Waals surface area contributed by atoms with Gasteiger partial charge in [0.05, 0.1) is 5.69 Å². The summed E-state index contributed by atoms with van der Waals surface area (Å²) < 4.78 is 13.0. The van der Waals surface area contributed by atoms with Gasteiger partial charge < -0.3 is 9.47 Å². The van der Waals surface area contributed by atoms with E-state index in [2.05, 4.69) is 15.9 Å². The van der Waals surface area contributed by atoms with Crippen LogP contribution in [-0.2, 0) is 4.74 Å². The second-order valence-corrected chi connectivity index (χ2v) is 7.28. The molecule has 1 spiro atoms. The van der Waals surface area contributed by atoms with E-state index in [9.17, 15) is 4.79 Å². The van der Waals surface area contributed by atoms with Crippen molar-refractivity contribution in [2.45, 2.75) is 25.2 Å². The fourth-order valence-electron chi connectivity index (χ4n) is 3.21. The fourth-order valence-corrected chi connectivity index (χ4v) is 3.59. The standard InChI is InChI=1S/C19H16BrNO3/c1-18(2)19(11-10-13-12-14(20)8-9-16(13)23-19)21(17(22)24-18)15-6-4-3-5-7-15/h3-12H,1-2H3/t19-/m1/s1. The SMILES string of the molecule is CC1(C)OC(=O)N(c2ccccc2)[C@@]12C=Cc1cc(Br)ccc1O2. The van der Waals surface area contributed by atoms with Crippen LogP contribution in [0, 0.1) is 0 Å². The van der Waals surface area contributed by atoms with Crippen LogP contribution in [0.5, 0.6) is 5.75 Å².